The van der Waals surface area contributed by atoms with Crippen LogP contribution in [-0.2, 0) is 13.1 Å². The van der Waals surface area contributed by atoms with Gasteiger partial charge in [-0.25, -0.2) is 9.38 Å². The van der Waals surface area contributed by atoms with Gasteiger partial charge in [0.15, 0.2) is 5.96 Å². The van der Waals surface area contributed by atoms with Gasteiger partial charge >= 0.3 is 0 Å². The van der Waals surface area contributed by atoms with Crippen molar-refractivity contribution in [3.05, 3.63) is 59.4 Å². The summed E-state index contributed by atoms with van der Waals surface area (Å²) in [5.74, 6) is 1.28. The lowest BCUT2D eigenvalue weighted by Gasteiger charge is -2.31. The van der Waals surface area contributed by atoms with Gasteiger partial charge in [-0.2, -0.15) is 0 Å². The minimum atomic E-state index is -0.273. The molecule has 1 heterocycles. The molecule has 3 N–H and O–H groups in total. The van der Waals surface area contributed by atoms with Crippen molar-refractivity contribution in [1.82, 2.24) is 10.6 Å². The molecule has 3 rings (SSSR count). The van der Waals surface area contributed by atoms with Gasteiger partial charge in [0.25, 0.3) is 0 Å². The zero-order valence-electron chi connectivity index (χ0n) is 18.8. The van der Waals surface area contributed by atoms with Gasteiger partial charge in [0.05, 0.1) is 24.9 Å². The summed E-state index contributed by atoms with van der Waals surface area (Å²) in [4.78, 5) is 6.60. The number of piperidine rings is 1. The molecule has 0 aromatic heterocycles. The highest BCUT2D eigenvalue weighted by Crippen LogP contribution is 2.24. The number of hydrogen-bond donors (Lipinski definition) is 3. The Labute approximate surface area is 207 Å². The van der Waals surface area contributed by atoms with E-state index in [4.69, 9.17) is 4.74 Å². The van der Waals surface area contributed by atoms with Crippen molar-refractivity contribution in [3.8, 4) is 5.75 Å². The number of ether oxygens (including phenoxy) is 1. The molecule has 0 atom stereocenters. The highest BCUT2D eigenvalue weighted by atomic mass is 127. The lowest BCUT2D eigenvalue weighted by Crippen LogP contribution is -2.37. The van der Waals surface area contributed by atoms with Crippen LogP contribution < -0.4 is 20.3 Å². The Hall–Kier alpha value is -2.07. The minimum absolute atomic E-state index is 0. The third kappa shape index (κ3) is 7.51. The van der Waals surface area contributed by atoms with Gasteiger partial charge in [0.2, 0.25) is 0 Å². The molecule has 1 fully saturated rings. The van der Waals surface area contributed by atoms with Crippen LogP contribution in [0.1, 0.15) is 37.8 Å². The first kappa shape index (κ1) is 26.2. The van der Waals surface area contributed by atoms with Crippen molar-refractivity contribution in [3.63, 3.8) is 0 Å². The second-order valence-corrected chi connectivity index (χ2v) is 7.59. The van der Waals surface area contributed by atoms with Crippen LogP contribution in [-0.4, -0.2) is 43.4 Å². The largest absolute Gasteiger partial charge is 0.494 e. The zero-order valence-corrected chi connectivity index (χ0v) is 21.1. The maximum Gasteiger partial charge on any atom is 0.191 e. The predicted molar refractivity (Wildman–Crippen MR) is 139 cm³/mol. The van der Waals surface area contributed by atoms with E-state index in [2.05, 4.69) is 15.6 Å². The van der Waals surface area contributed by atoms with Crippen molar-refractivity contribution in [2.24, 2.45) is 4.99 Å². The molecule has 0 amide bonds. The van der Waals surface area contributed by atoms with Gasteiger partial charge in [-0.15, -0.1) is 24.0 Å². The number of aliphatic imine (C=N–C) groups is 1. The second kappa shape index (κ2) is 13.5. The van der Waals surface area contributed by atoms with E-state index >= 15 is 0 Å². The molecule has 0 saturated carbocycles. The molecular weight excluding hydrogens is 522 g/mol. The fourth-order valence-electron chi connectivity index (χ4n) is 3.65. The Morgan fingerprint density at radius 3 is 2.59 bits per heavy atom. The van der Waals surface area contributed by atoms with E-state index in [-0.39, 0.29) is 35.9 Å². The van der Waals surface area contributed by atoms with E-state index in [1.54, 1.807) is 6.07 Å². The summed E-state index contributed by atoms with van der Waals surface area (Å²) in [6.07, 6.45) is 1.08. The molecule has 2 aromatic carbocycles. The first-order chi connectivity index (χ1) is 15.1. The summed E-state index contributed by atoms with van der Waals surface area (Å²) >= 11 is 0. The molecule has 8 heteroatoms. The number of nitrogens with zero attached hydrogens (tertiary/aromatic N) is 2. The van der Waals surface area contributed by atoms with Gasteiger partial charge in [-0.3, -0.25) is 0 Å². The van der Waals surface area contributed by atoms with Crippen LogP contribution in [0.4, 0.5) is 10.1 Å². The average Bonchev–Trinajstić information content (AvgIpc) is 2.78. The van der Waals surface area contributed by atoms with Crippen molar-refractivity contribution < 1.29 is 14.2 Å². The van der Waals surface area contributed by atoms with Crippen molar-refractivity contribution >= 4 is 35.6 Å². The first-order valence-corrected chi connectivity index (χ1v) is 11.0. The van der Waals surface area contributed by atoms with E-state index in [9.17, 15) is 9.50 Å². The van der Waals surface area contributed by atoms with Gasteiger partial charge in [0, 0.05) is 31.7 Å². The molecular formula is C24H34FIN4O2. The van der Waals surface area contributed by atoms with Gasteiger partial charge in [-0.1, -0.05) is 24.3 Å². The smallest absolute Gasteiger partial charge is 0.191 e. The summed E-state index contributed by atoms with van der Waals surface area (Å²) in [5.41, 5.74) is 2.46. The molecule has 1 saturated heterocycles. The van der Waals surface area contributed by atoms with E-state index in [1.165, 1.54) is 0 Å². The van der Waals surface area contributed by atoms with Crippen LogP contribution in [0.15, 0.2) is 47.5 Å². The highest BCUT2D eigenvalue weighted by molar-refractivity contribution is 14.0. The number of para-hydroxylation sites is 1. The molecule has 6 nitrogen and oxygen atoms in total. The molecule has 0 spiro atoms. The van der Waals surface area contributed by atoms with Crippen LogP contribution in [0.2, 0.25) is 0 Å². The Morgan fingerprint density at radius 2 is 1.91 bits per heavy atom. The van der Waals surface area contributed by atoms with Crippen LogP contribution >= 0.6 is 24.0 Å². The summed E-state index contributed by atoms with van der Waals surface area (Å²) < 4.78 is 20.4. The lowest BCUT2D eigenvalue weighted by atomic mass is 10.1. The fraction of sp³-hybridized carbons (Fsp3) is 0.458. The fourth-order valence-corrected chi connectivity index (χ4v) is 3.65. The predicted octanol–water partition coefficient (Wildman–Crippen LogP) is 4.06. The quantitative estimate of drug-likeness (QED) is 0.260. The summed E-state index contributed by atoms with van der Waals surface area (Å²) in [5, 5.41) is 16.2. The monoisotopic (exact) mass is 556 g/mol. The molecule has 1 aliphatic heterocycles. The summed E-state index contributed by atoms with van der Waals surface area (Å²) in [6, 6.07) is 13.2. The topological polar surface area (TPSA) is 69.1 Å². The van der Waals surface area contributed by atoms with Crippen LogP contribution in [0.3, 0.4) is 0 Å². The lowest BCUT2D eigenvalue weighted by molar-refractivity contribution is 0.145. The second-order valence-electron chi connectivity index (χ2n) is 7.59. The molecule has 0 radical (unpaired) electrons. The average molecular weight is 556 g/mol. The standard InChI is InChI=1S/C24H33FN4O2.HI/c1-3-26-24(28-17-19-7-5-6-8-23(19)31-4-2)27-16-18-9-10-22(21(25)15-18)29-13-11-20(30)12-14-29;/h5-10,15,20,30H,3-4,11-14,16-17H2,1-2H3,(H2,26,27,28);1H. The molecule has 176 valence electrons. The van der Waals surface area contributed by atoms with Gasteiger partial charge in [0.1, 0.15) is 11.6 Å². The number of rotatable bonds is 8. The number of aliphatic hydroxyl groups excluding tert-OH is 1. The normalized spacial score (nSPS) is 14.6. The number of benzene rings is 2. The minimum Gasteiger partial charge on any atom is -0.494 e. The Morgan fingerprint density at radius 1 is 1.16 bits per heavy atom. The molecule has 0 aliphatic carbocycles. The SMILES string of the molecule is CCNC(=NCc1ccc(N2CCC(O)CC2)c(F)c1)NCc1ccccc1OCC.I. The maximum atomic E-state index is 14.7. The van der Waals surface area contributed by atoms with Crippen molar-refractivity contribution in [1.29, 1.82) is 0 Å². The Kier molecular flexibility index (Phi) is 11.0. The van der Waals surface area contributed by atoms with E-state index in [0.29, 0.717) is 57.3 Å². The molecule has 0 bridgehead atoms. The van der Waals surface area contributed by atoms with Crippen molar-refractivity contribution in [2.75, 3.05) is 31.1 Å². The maximum absolute atomic E-state index is 14.7. The number of aliphatic hydroxyl groups is 1. The third-order valence-corrected chi connectivity index (χ3v) is 5.30. The van der Waals surface area contributed by atoms with E-state index in [0.717, 1.165) is 23.4 Å². The molecule has 0 unspecified atom stereocenters. The van der Waals surface area contributed by atoms with Crippen molar-refractivity contribution in [2.45, 2.75) is 45.9 Å². The first-order valence-electron chi connectivity index (χ1n) is 11.0. The van der Waals surface area contributed by atoms with Crippen LogP contribution in [0.5, 0.6) is 5.75 Å². The summed E-state index contributed by atoms with van der Waals surface area (Å²) in [7, 11) is 0. The Bertz CT molecular complexity index is 873. The Balaban J connectivity index is 0.00000363. The van der Waals surface area contributed by atoms with Crippen LogP contribution in [0, 0.1) is 5.82 Å². The van der Waals surface area contributed by atoms with E-state index < -0.39 is 0 Å². The van der Waals surface area contributed by atoms with Crippen LogP contribution in [0.25, 0.3) is 0 Å². The number of halogens is 2. The number of nitrogens with one attached hydrogen (secondary N) is 2. The van der Waals surface area contributed by atoms with E-state index in [1.807, 2.05) is 55.1 Å². The zero-order chi connectivity index (χ0) is 22.1. The van der Waals surface area contributed by atoms with Gasteiger partial charge < -0.3 is 25.4 Å². The molecule has 32 heavy (non-hydrogen) atoms. The molecule has 1 aliphatic rings. The number of guanidine groups is 1. The van der Waals surface area contributed by atoms with Gasteiger partial charge in [-0.05, 0) is 50.5 Å². The number of hydrogen-bond acceptors (Lipinski definition) is 4. The summed E-state index contributed by atoms with van der Waals surface area (Å²) in [6.45, 7) is 7.62. The highest BCUT2D eigenvalue weighted by Gasteiger charge is 2.19. The third-order valence-electron chi connectivity index (χ3n) is 5.30. The number of anilines is 1. The molecule has 2 aromatic rings.